The smallest absolute Gasteiger partial charge is 0.441 e. The highest BCUT2D eigenvalue weighted by Gasteiger charge is 2.60. The van der Waals surface area contributed by atoms with Gasteiger partial charge in [0.2, 0.25) is 0 Å². The van der Waals surface area contributed by atoms with E-state index in [4.69, 9.17) is 0 Å². The highest BCUT2D eigenvalue weighted by molar-refractivity contribution is 7.80. The number of halogens is 3. The second-order valence-electron chi connectivity index (χ2n) is 3.09. The van der Waals surface area contributed by atoms with Crippen molar-refractivity contribution < 1.29 is 27.8 Å². The predicted molar refractivity (Wildman–Crippen MR) is 54.6 cm³/mol. The summed E-state index contributed by atoms with van der Waals surface area (Å²) in [5, 5.41) is 12.9. The van der Waals surface area contributed by atoms with Gasteiger partial charge in [-0.25, -0.2) is 4.79 Å². The lowest BCUT2D eigenvalue weighted by atomic mass is 10.0. The van der Waals surface area contributed by atoms with Crippen molar-refractivity contribution in [3.05, 3.63) is 11.8 Å². The molecule has 0 aromatic carbocycles. The number of hydrogen-bond donors (Lipinski definition) is 3. The zero-order valence-corrected chi connectivity index (χ0v) is 9.41. The van der Waals surface area contributed by atoms with E-state index in [0.717, 1.165) is 0 Å². The van der Waals surface area contributed by atoms with Crippen molar-refractivity contribution in [3.8, 4) is 0 Å². The van der Waals surface area contributed by atoms with Crippen LogP contribution in [0.1, 0.15) is 6.92 Å². The Bertz CT molecular complexity index is 383. The molecule has 0 aromatic heterocycles. The van der Waals surface area contributed by atoms with Crippen LogP contribution in [0.25, 0.3) is 0 Å². The molecule has 0 spiro atoms. The monoisotopic (exact) mass is 270 g/mol. The van der Waals surface area contributed by atoms with Crippen LogP contribution in [0, 0.1) is 0 Å². The molecule has 0 aromatic rings. The Morgan fingerprint density at radius 3 is 2.71 bits per heavy atom. The molecule has 0 radical (unpaired) electrons. The number of aliphatic hydroxyl groups is 1. The molecule has 9 heteroatoms. The van der Waals surface area contributed by atoms with Gasteiger partial charge in [0.05, 0.1) is 6.61 Å². The third kappa shape index (κ3) is 2.50. The number of rotatable bonds is 2. The van der Waals surface area contributed by atoms with Crippen molar-refractivity contribution >= 4 is 23.3 Å². The first-order valence-electron chi connectivity index (χ1n) is 4.48. The van der Waals surface area contributed by atoms with Crippen LogP contribution in [0.5, 0.6) is 0 Å². The molecule has 0 saturated heterocycles. The number of esters is 1. The number of nitrogens with one attached hydrogen (secondary N) is 2. The molecule has 0 fully saturated rings. The number of thiocarbonyl (C=S) groups is 1. The molecule has 1 rings (SSSR count). The molecule has 0 amide bonds. The first-order chi connectivity index (χ1) is 7.72. The molecule has 1 aliphatic heterocycles. The van der Waals surface area contributed by atoms with E-state index in [1.54, 1.807) is 5.32 Å². The third-order valence-corrected chi connectivity index (χ3v) is 2.16. The van der Waals surface area contributed by atoms with E-state index in [2.05, 4.69) is 22.3 Å². The summed E-state index contributed by atoms with van der Waals surface area (Å²) in [6, 6.07) is 0. The molecule has 1 aliphatic rings. The molecule has 96 valence electrons. The van der Waals surface area contributed by atoms with Crippen LogP contribution in [0.15, 0.2) is 11.8 Å². The van der Waals surface area contributed by atoms with E-state index in [1.165, 1.54) is 6.92 Å². The molecule has 1 heterocycles. The molecule has 5 nitrogen and oxygen atoms in total. The summed E-state index contributed by atoms with van der Waals surface area (Å²) in [6.45, 7) is 1.31. The van der Waals surface area contributed by atoms with E-state index < -0.39 is 28.6 Å². The summed E-state index contributed by atoms with van der Waals surface area (Å²) in [5.41, 5.74) is -4.54. The summed E-state index contributed by atoms with van der Waals surface area (Å²) in [4.78, 5) is 11.3. The molecule has 1 atom stereocenters. The van der Waals surface area contributed by atoms with Crippen LogP contribution in [-0.4, -0.2) is 34.7 Å². The summed E-state index contributed by atoms with van der Waals surface area (Å²) < 4.78 is 42.5. The van der Waals surface area contributed by atoms with Gasteiger partial charge in [0.25, 0.3) is 5.72 Å². The second kappa shape index (κ2) is 4.49. The molecule has 3 N–H and O–H groups in total. The highest BCUT2D eigenvalue weighted by Crippen LogP contribution is 2.35. The summed E-state index contributed by atoms with van der Waals surface area (Å²) in [5.74, 6) is -1.28. The zero-order chi connectivity index (χ0) is 13.3. The van der Waals surface area contributed by atoms with Gasteiger partial charge in [-0.1, -0.05) is 0 Å². The normalized spacial score (nSPS) is 24.5. The molecular formula is C8H9F3N2O3S. The van der Waals surface area contributed by atoms with Crippen molar-refractivity contribution in [2.45, 2.75) is 18.8 Å². The van der Waals surface area contributed by atoms with Crippen LogP contribution >= 0.6 is 12.2 Å². The molecular weight excluding hydrogens is 261 g/mol. The van der Waals surface area contributed by atoms with Gasteiger partial charge in [-0.2, -0.15) is 13.2 Å². The summed E-state index contributed by atoms with van der Waals surface area (Å²) in [7, 11) is 0. The van der Waals surface area contributed by atoms with Gasteiger partial charge < -0.3 is 20.5 Å². The quantitative estimate of drug-likeness (QED) is 0.490. The van der Waals surface area contributed by atoms with Crippen molar-refractivity contribution in [3.63, 3.8) is 0 Å². The van der Waals surface area contributed by atoms with Gasteiger partial charge in [0.15, 0.2) is 5.11 Å². The number of ether oxygens (including phenoxy) is 1. The third-order valence-electron chi connectivity index (χ3n) is 1.94. The largest absolute Gasteiger partial charge is 0.462 e. The van der Waals surface area contributed by atoms with E-state index in [9.17, 15) is 23.1 Å². The van der Waals surface area contributed by atoms with Crippen LogP contribution in [-0.2, 0) is 9.53 Å². The minimum atomic E-state index is -5.11. The van der Waals surface area contributed by atoms with E-state index in [0.29, 0.717) is 6.20 Å². The van der Waals surface area contributed by atoms with Crippen LogP contribution in [0.2, 0.25) is 0 Å². The van der Waals surface area contributed by atoms with E-state index >= 15 is 0 Å². The lowest BCUT2D eigenvalue weighted by Crippen LogP contribution is -2.65. The van der Waals surface area contributed by atoms with Gasteiger partial charge in [-0.3, -0.25) is 0 Å². The van der Waals surface area contributed by atoms with Crippen LogP contribution in [0.4, 0.5) is 13.2 Å². The Kier molecular flexibility index (Phi) is 3.62. The van der Waals surface area contributed by atoms with E-state index in [1.807, 2.05) is 0 Å². The second-order valence-corrected chi connectivity index (χ2v) is 3.49. The first-order valence-corrected chi connectivity index (χ1v) is 4.88. The average molecular weight is 270 g/mol. The van der Waals surface area contributed by atoms with Gasteiger partial charge in [0, 0.05) is 6.20 Å². The fraction of sp³-hybridized carbons (Fsp3) is 0.500. The fourth-order valence-corrected chi connectivity index (χ4v) is 1.36. The van der Waals surface area contributed by atoms with Crippen LogP contribution in [0.3, 0.4) is 0 Å². The topological polar surface area (TPSA) is 70.6 Å². The van der Waals surface area contributed by atoms with Gasteiger partial charge in [-0.05, 0) is 19.1 Å². The number of hydrogen-bond acceptors (Lipinski definition) is 4. The predicted octanol–water partition coefficient (Wildman–Crippen LogP) is 0.162. The summed E-state index contributed by atoms with van der Waals surface area (Å²) >= 11 is 4.45. The Labute approximate surface area is 99.6 Å². The zero-order valence-electron chi connectivity index (χ0n) is 8.59. The lowest BCUT2D eigenvalue weighted by molar-refractivity contribution is -0.252. The lowest BCUT2D eigenvalue weighted by Gasteiger charge is -2.35. The van der Waals surface area contributed by atoms with Crippen LogP contribution < -0.4 is 10.6 Å². The molecule has 0 aliphatic carbocycles. The van der Waals surface area contributed by atoms with E-state index in [-0.39, 0.29) is 6.61 Å². The fourth-order valence-electron chi connectivity index (χ4n) is 1.15. The van der Waals surface area contributed by atoms with Gasteiger partial charge >= 0.3 is 12.1 Å². The van der Waals surface area contributed by atoms with Crippen molar-refractivity contribution in [2.24, 2.45) is 0 Å². The SMILES string of the molecule is CCOC(=O)C1=CNC(=S)N[C@]1(O)C(F)(F)F. The average Bonchev–Trinajstić information content (AvgIpc) is 2.15. The number of alkyl halides is 3. The molecule has 0 bridgehead atoms. The van der Waals surface area contributed by atoms with Crippen molar-refractivity contribution in [1.29, 1.82) is 0 Å². The maximum atomic E-state index is 12.7. The number of carbonyl (C=O) groups excluding carboxylic acids is 1. The van der Waals surface area contributed by atoms with Gasteiger partial charge in [-0.15, -0.1) is 0 Å². The molecule has 0 saturated carbocycles. The standard InChI is InChI=1S/C8H9F3N2O3S/c1-2-16-5(14)4-3-12-6(17)13-7(4,15)8(9,10)11/h3,15H,2H2,1H3,(H2,12,13,17)/t7-/m1/s1. The maximum Gasteiger partial charge on any atom is 0.441 e. The minimum absolute atomic E-state index is 0.117. The Balaban J connectivity index is 3.15. The minimum Gasteiger partial charge on any atom is -0.462 e. The first kappa shape index (κ1) is 13.7. The highest BCUT2D eigenvalue weighted by atomic mass is 32.1. The van der Waals surface area contributed by atoms with Crippen molar-refractivity contribution in [1.82, 2.24) is 10.6 Å². The molecule has 17 heavy (non-hydrogen) atoms. The Hall–Kier alpha value is -1.35. The Morgan fingerprint density at radius 2 is 2.24 bits per heavy atom. The molecule has 0 unspecified atom stereocenters. The maximum absolute atomic E-state index is 12.7. The summed E-state index contributed by atoms with van der Waals surface area (Å²) in [6.07, 6.45) is -4.44. The van der Waals surface area contributed by atoms with Crippen molar-refractivity contribution in [2.75, 3.05) is 6.61 Å². The Morgan fingerprint density at radius 1 is 1.65 bits per heavy atom. The number of carbonyl (C=O) groups is 1. The van der Waals surface area contributed by atoms with Gasteiger partial charge in [0.1, 0.15) is 5.57 Å².